The van der Waals surface area contributed by atoms with Gasteiger partial charge in [0.2, 0.25) is 11.8 Å². The lowest BCUT2D eigenvalue weighted by Gasteiger charge is -2.37. The van der Waals surface area contributed by atoms with Crippen LogP contribution >= 0.6 is 0 Å². The number of carbonyl (C=O) groups excluding carboxylic acids is 3. The van der Waals surface area contributed by atoms with Gasteiger partial charge < -0.3 is 14.7 Å². The van der Waals surface area contributed by atoms with Gasteiger partial charge in [-0.3, -0.25) is 19.4 Å². The molecule has 0 radical (unpaired) electrons. The molecule has 0 unspecified atom stereocenters. The zero-order valence-corrected chi connectivity index (χ0v) is 18.1. The lowest BCUT2D eigenvalue weighted by atomic mass is 9.74. The molecule has 0 bridgehead atoms. The Bertz CT molecular complexity index is 836. The van der Waals surface area contributed by atoms with E-state index in [2.05, 4.69) is 16.9 Å². The van der Waals surface area contributed by atoms with Crippen molar-refractivity contribution in [3.05, 3.63) is 24.3 Å². The van der Waals surface area contributed by atoms with Crippen LogP contribution < -0.4 is 0 Å². The van der Waals surface area contributed by atoms with Crippen molar-refractivity contribution in [2.45, 2.75) is 39.0 Å². The Morgan fingerprint density at radius 2 is 1.70 bits per heavy atom. The molecule has 1 aromatic rings. The molecule has 4 rings (SSSR count). The Hall–Kier alpha value is -2.51. The minimum Gasteiger partial charge on any atom is -0.348 e. The van der Waals surface area contributed by atoms with E-state index in [0.717, 1.165) is 25.7 Å². The molecule has 3 fully saturated rings. The number of amides is 3. The summed E-state index contributed by atoms with van der Waals surface area (Å²) >= 11 is 0. The minimum absolute atomic E-state index is 0.00829. The van der Waals surface area contributed by atoms with E-state index in [1.165, 1.54) is 25.0 Å². The van der Waals surface area contributed by atoms with Gasteiger partial charge in [-0.1, -0.05) is 26.2 Å². The highest BCUT2D eigenvalue weighted by molar-refractivity contribution is 5.94. The first-order valence-electron chi connectivity index (χ1n) is 10.8. The third-order valence-electron chi connectivity index (χ3n) is 7.27. The molecule has 0 spiro atoms. The van der Waals surface area contributed by atoms with Gasteiger partial charge in [-0.15, -0.1) is 0 Å². The monoisotopic (exact) mass is 413 g/mol. The van der Waals surface area contributed by atoms with Gasteiger partial charge in [0.15, 0.2) is 0 Å². The molecule has 3 heterocycles. The Morgan fingerprint density at radius 1 is 1.03 bits per heavy atom. The first-order chi connectivity index (χ1) is 14.3. The van der Waals surface area contributed by atoms with Crippen LogP contribution in [0.15, 0.2) is 18.6 Å². The van der Waals surface area contributed by atoms with E-state index in [-0.39, 0.29) is 34.7 Å². The summed E-state index contributed by atoms with van der Waals surface area (Å²) in [5.41, 5.74) is -0.788. The number of aromatic nitrogens is 2. The second-order valence-electron chi connectivity index (χ2n) is 9.64. The van der Waals surface area contributed by atoms with Crippen LogP contribution in [-0.4, -0.2) is 82.7 Å². The predicted octanol–water partition coefficient (Wildman–Crippen LogP) is 1.44. The molecular weight excluding hydrogens is 382 g/mol. The van der Waals surface area contributed by atoms with E-state index in [9.17, 15) is 14.4 Å². The lowest BCUT2D eigenvalue weighted by molar-refractivity contribution is -0.144. The van der Waals surface area contributed by atoms with E-state index >= 15 is 0 Å². The van der Waals surface area contributed by atoms with Crippen LogP contribution in [0, 0.1) is 16.7 Å². The molecule has 2 aliphatic heterocycles. The molecular formula is C22H31N5O3. The smallest absolute Gasteiger partial charge is 0.274 e. The number of nitrogens with zero attached hydrogens (tertiary/aromatic N) is 5. The number of hydrogen-bond acceptors (Lipinski definition) is 5. The van der Waals surface area contributed by atoms with Gasteiger partial charge in [0.05, 0.1) is 11.6 Å². The van der Waals surface area contributed by atoms with Gasteiger partial charge in [0.25, 0.3) is 5.91 Å². The Balaban J connectivity index is 1.57. The second kappa shape index (κ2) is 7.63. The minimum atomic E-state index is -0.748. The summed E-state index contributed by atoms with van der Waals surface area (Å²) in [4.78, 5) is 53.0. The summed E-state index contributed by atoms with van der Waals surface area (Å²) in [6.45, 7) is 3.75. The van der Waals surface area contributed by atoms with Crippen molar-refractivity contribution in [2.24, 2.45) is 16.7 Å². The van der Waals surface area contributed by atoms with E-state index < -0.39 is 5.41 Å². The van der Waals surface area contributed by atoms with Crippen LogP contribution in [0.2, 0.25) is 0 Å². The number of fused-ring (bicyclic) bond motifs is 1. The van der Waals surface area contributed by atoms with Crippen molar-refractivity contribution in [2.75, 3.05) is 40.3 Å². The average Bonchev–Trinajstić information content (AvgIpc) is 3.28. The highest BCUT2D eigenvalue weighted by Crippen LogP contribution is 2.46. The quantitative estimate of drug-likeness (QED) is 0.748. The summed E-state index contributed by atoms with van der Waals surface area (Å²) in [5, 5.41) is 0. The van der Waals surface area contributed by atoms with Crippen LogP contribution in [0.25, 0.3) is 0 Å². The molecule has 2 saturated heterocycles. The summed E-state index contributed by atoms with van der Waals surface area (Å²) < 4.78 is 0. The lowest BCUT2D eigenvalue weighted by Crippen LogP contribution is -2.49. The van der Waals surface area contributed by atoms with Crippen LogP contribution in [-0.2, 0) is 9.59 Å². The van der Waals surface area contributed by atoms with Gasteiger partial charge in [0.1, 0.15) is 5.69 Å². The molecule has 30 heavy (non-hydrogen) atoms. The topological polar surface area (TPSA) is 86.7 Å². The predicted molar refractivity (Wildman–Crippen MR) is 110 cm³/mol. The molecule has 3 amide bonds. The fraction of sp³-hybridized carbons (Fsp3) is 0.682. The molecule has 3 aliphatic rings. The normalized spacial score (nSPS) is 27.6. The zero-order valence-electron chi connectivity index (χ0n) is 18.1. The standard InChI is InChI=1S/C22H31N5O3/c1-21(7-5-4-6-8-21)19(29)27-13-16-12-26(18(28)17-11-23-9-10-24-17)14-22(16,15-27)20(30)25(2)3/h9-11,16H,4-8,12-15H2,1-3H3/t16-,22-/m0/s1. The van der Waals surface area contributed by atoms with Crippen molar-refractivity contribution in [3.8, 4) is 0 Å². The number of carbonyl (C=O) groups is 3. The summed E-state index contributed by atoms with van der Waals surface area (Å²) in [5.74, 6) is -0.106. The second-order valence-corrected chi connectivity index (χ2v) is 9.64. The van der Waals surface area contributed by atoms with Crippen LogP contribution in [0.5, 0.6) is 0 Å². The van der Waals surface area contributed by atoms with E-state index in [4.69, 9.17) is 0 Å². The fourth-order valence-corrected chi connectivity index (χ4v) is 5.62. The van der Waals surface area contributed by atoms with Crippen molar-refractivity contribution in [1.29, 1.82) is 0 Å². The molecule has 1 saturated carbocycles. The van der Waals surface area contributed by atoms with Crippen molar-refractivity contribution < 1.29 is 14.4 Å². The summed E-state index contributed by atoms with van der Waals surface area (Å²) in [6.07, 6.45) is 9.67. The van der Waals surface area contributed by atoms with E-state index in [1.54, 1.807) is 23.9 Å². The van der Waals surface area contributed by atoms with Crippen molar-refractivity contribution >= 4 is 17.7 Å². The van der Waals surface area contributed by atoms with Crippen LogP contribution in [0.4, 0.5) is 0 Å². The van der Waals surface area contributed by atoms with Crippen molar-refractivity contribution in [3.63, 3.8) is 0 Å². The Morgan fingerprint density at radius 3 is 2.33 bits per heavy atom. The maximum Gasteiger partial charge on any atom is 0.274 e. The van der Waals surface area contributed by atoms with Crippen LogP contribution in [0.1, 0.15) is 49.5 Å². The largest absolute Gasteiger partial charge is 0.348 e. The van der Waals surface area contributed by atoms with Gasteiger partial charge in [-0.05, 0) is 12.8 Å². The molecule has 8 nitrogen and oxygen atoms in total. The maximum absolute atomic E-state index is 13.4. The number of rotatable bonds is 3. The highest BCUT2D eigenvalue weighted by atomic mass is 16.2. The summed E-state index contributed by atoms with van der Waals surface area (Å²) in [6, 6.07) is 0. The van der Waals surface area contributed by atoms with Gasteiger partial charge in [-0.25, -0.2) is 4.98 Å². The maximum atomic E-state index is 13.4. The summed E-state index contributed by atoms with van der Waals surface area (Å²) in [7, 11) is 3.49. The SMILES string of the molecule is CN(C)C(=O)[C@]12CN(C(=O)c3cnccn3)C[C@H]1CN(C(=O)C1(C)CCCCC1)C2. The Kier molecular flexibility index (Phi) is 5.28. The molecule has 0 N–H and O–H groups in total. The molecule has 1 aromatic heterocycles. The number of likely N-dealkylation sites (tertiary alicyclic amines) is 2. The van der Waals surface area contributed by atoms with E-state index in [0.29, 0.717) is 26.2 Å². The molecule has 0 aromatic carbocycles. The zero-order chi connectivity index (χ0) is 21.5. The third-order valence-corrected chi connectivity index (χ3v) is 7.27. The Labute approximate surface area is 177 Å². The van der Waals surface area contributed by atoms with Gasteiger partial charge in [0, 0.05) is 64.0 Å². The molecule has 8 heteroatoms. The highest BCUT2D eigenvalue weighted by Gasteiger charge is 2.60. The molecule has 1 aliphatic carbocycles. The van der Waals surface area contributed by atoms with Gasteiger partial charge in [-0.2, -0.15) is 0 Å². The third kappa shape index (κ3) is 3.36. The van der Waals surface area contributed by atoms with Gasteiger partial charge >= 0.3 is 0 Å². The molecule has 162 valence electrons. The first kappa shape index (κ1) is 20.8. The van der Waals surface area contributed by atoms with E-state index in [1.807, 2.05) is 4.90 Å². The average molecular weight is 414 g/mol. The van der Waals surface area contributed by atoms with Crippen molar-refractivity contribution in [1.82, 2.24) is 24.7 Å². The molecule has 2 atom stereocenters. The first-order valence-corrected chi connectivity index (χ1v) is 10.8. The van der Waals surface area contributed by atoms with Crippen LogP contribution in [0.3, 0.4) is 0 Å². The number of hydrogen-bond donors (Lipinski definition) is 0. The fourth-order valence-electron chi connectivity index (χ4n) is 5.62.